The van der Waals surface area contributed by atoms with Crippen LogP contribution in [0.5, 0.6) is 0 Å². The molecule has 0 bridgehead atoms. The molecule has 0 aromatic heterocycles. The van der Waals surface area contributed by atoms with E-state index in [9.17, 15) is 204 Å². The molecule has 0 aliphatic carbocycles. The van der Waals surface area contributed by atoms with E-state index in [4.69, 9.17) is 37.9 Å². The van der Waals surface area contributed by atoms with Gasteiger partial charge in [0, 0.05) is 0 Å². The zero-order valence-electron chi connectivity index (χ0n) is 76.4. The summed E-state index contributed by atoms with van der Waals surface area (Å²) in [6.07, 6.45) is -86.1. The monoisotopic (exact) mass is 2960 g/mol. The average Bonchev–Trinajstić information content (AvgIpc) is 0.771. The van der Waals surface area contributed by atoms with Crippen LogP contribution in [0.1, 0.15) is 0 Å². The van der Waals surface area contributed by atoms with Crippen molar-refractivity contribution in [1.29, 1.82) is 0 Å². The van der Waals surface area contributed by atoms with Gasteiger partial charge in [0.25, 0.3) is 0 Å². The molecular weight excluding hydrogens is 2920 g/mol. The van der Waals surface area contributed by atoms with Crippen molar-refractivity contribution in [1.82, 2.24) is 0 Å². The third-order valence-corrected chi connectivity index (χ3v) is 20.9. The Morgan fingerprint density at radius 3 is 0.712 bits per heavy atom. The molecule has 7 N–H and O–H groups in total. The molecule has 0 spiro atoms. The Morgan fingerprint density at radius 1 is 0.219 bits per heavy atom. The van der Waals surface area contributed by atoms with Crippen molar-refractivity contribution in [3.63, 3.8) is 0 Å². The van der Waals surface area contributed by atoms with E-state index in [1.54, 1.807) is 0 Å². The number of rotatable bonds is 53. The third kappa shape index (κ3) is 99.3. The first-order valence-corrected chi connectivity index (χ1v) is 49.6. The maximum atomic E-state index is 12.6. The quantitative estimate of drug-likeness (QED) is 0.0236. The average molecular weight is 2960 g/mol. The fraction of sp³-hybridized carbons (Fsp3) is 1.00. The number of ether oxygens (including phenoxy) is 8. The fourth-order valence-corrected chi connectivity index (χ4v) is 17.7. The van der Waals surface area contributed by atoms with Gasteiger partial charge in [-0.2, -0.15) is 0 Å². The van der Waals surface area contributed by atoms with Crippen LogP contribution in [-0.4, -0.2) is 429 Å². The molecule has 0 radical (unpaired) electrons. The molecule has 80 nitrogen and oxygen atoms in total. The standard InChI is InChI=1S/C30H54O73S18.18K.7H2O/c31-104(32)82-5-9-16(96-114(54,55)56)22(101-119(69,70)71)26(103-121(75,76)77)30(86-9)79-2-8-15(95-113(51,52)53)21(100-118(66,67)68)24(93-110(43)44)28(85-8)81-4-12(94-112(48,49)50)18(98-116(60,61)62)17(97-115(57,58)59)11(88-105(33)34)3-80-29-25(102-120(72,73)74)20(99-117(63,64)65)14(90-107(37)38)7(84-29)1-78-27-23(92-109(41)42)19(91-108(39)40)13(89-106(35)36)10(87-27)6-83-111(45,46)47;;;;;;;;;;;;;;;;;;;;;;;;;/h7-30H,1-6H2,(H,31,32)(H,33,34)(H,35,36)(H,37,38)(H,39,40)(H,41,42)(H,43,44)(H,45,46,47)(H,48,49,50)(H,51,52,53)(H,54,55,56)(H,57,58,59)(H,60,61,62)(H,63,64,65)(H,66,67,68)(H,69,70,71)(H,72,73,74)(H,75,76,77);;;;;;;;;;;;;;;;;;;7*1H2/q;18*+1;;;;;;;/p-25/t7-,8-,9-,10-,11-,12-,13-,14-,15-,16-,17-,18-,19+,20+,21+,22+,23-,24-,25-,26-,27-,28-,29-,30-;;;;;;;;;;;;;;;;;;;;;;;;;/m1........................./s1. The molecular formula is C30H43K18O80S18-7. The van der Waals surface area contributed by atoms with Crippen LogP contribution >= 0.6 is 0 Å². The molecule has 146 heavy (non-hydrogen) atoms. The molecule has 4 heterocycles. The molecule has 116 heteroatoms. The second-order valence-corrected chi connectivity index (χ2v) is 36.5. The van der Waals surface area contributed by atoms with Crippen molar-refractivity contribution >= 4 is 194 Å². The van der Waals surface area contributed by atoms with Gasteiger partial charge in [-0.05, 0) is 0 Å². The van der Waals surface area contributed by atoms with Crippen molar-refractivity contribution < 1.29 is 1280 Å². The third-order valence-electron chi connectivity index (χ3n) is 13.3. The summed E-state index contributed by atoms with van der Waals surface area (Å²) in [4.78, 5) is 0. The molecule has 4 fully saturated rings. The summed E-state index contributed by atoms with van der Waals surface area (Å²) in [5, 5.41) is 0. The fourth-order valence-electron chi connectivity index (χ4n) is 9.87. The van der Waals surface area contributed by atoms with Crippen molar-refractivity contribution in [2.75, 3.05) is 39.6 Å². The van der Waals surface area contributed by atoms with E-state index in [1.165, 1.54) is 0 Å². The topological polar surface area (TPSA) is 1360 Å². The molecule has 0 saturated carbocycles. The number of hydrogen-bond acceptors (Lipinski definition) is 80. The summed E-state index contributed by atoms with van der Waals surface area (Å²) in [5.41, 5.74) is 0. The van der Waals surface area contributed by atoms with Crippen molar-refractivity contribution in [2.45, 2.75) is 147 Å². The number of hydrogen-bond donors (Lipinski definition) is 0. The van der Waals surface area contributed by atoms with Crippen LogP contribution in [0, 0.1) is 0 Å². The Balaban J connectivity index is -0.000000308. The Labute approximate surface area is 1610 Å². The van der Waals surface area contributed by atoms with Gasteiger partial charge in [-0.3, -0.25) is 75.3 Å². The van der Waals surface area contributed by atoms with Gasteiger partial charge in [0.05, 0.1) is 119 Å². The van der Waals surface area contributed by atoms with Crippen LogP contribution in [-0.2, 0) is 307 Å². The normalized spacial score (nSPS) is 26.2. The van der Waals surface area contributed by atoms with Crippen LogP contribution in [0.25, 0.3) is 0 Å². The first-order chi connectivity index (χ1) is 54.5. The molecule has 0 aromatic rings. The molecule has 4 aliphatic heterocycles. The van der Waals surface area contributed by atoms with Crippen LogP contribution in [0.3, 0.4) is 0 Å². The molecule has 776 valence electrons. The summed E-state index contributed by atoms with van der Waals surface area (Å²) in [6.45, 7) is -14.2. The summed E-state index contributed by atoms with van der Waals surface area (Å²) in [7, 11) is -75.2. The summed E-state index contributed by atoms with van der Waals surface area (Å²) in [6, 6.07) is 0. The van der Waals surface area contributed by atoms with Gasteiger partial charge in [0.15, 0.2) is 49.6 Å². The van der Waals surface area contributed by atoms with Crippen LogP contribution in [0.15, 0.2) is 0 Å². The summed E-state index contributed by atoms with van der Waals surface area (Å²) in [5.74, 6) is 0. The zero-order chi connectivity index (χ0) is 93.0. The van der Waals surface area contributed by atoms with Crippen molar-refractivity contribution in [3.8, 4) is 0 Å². The van der Waals surface area contributed by atoms with E-state index in [-0.39, 0.29) is 963 Å². The van der Waals surface area contributed by atoms with E-state index < -0.39 is 381 Å². The Kier molecular flexibility index (Phi) is 165. The van der Waals surface area contributed by atoms with Gasteiger partial charge >= 0.3 is 925 Å². The minimum atomic E-state index is -7.28. The minimum absolute atomic E-state index is 0. The first kappa shape index (κ1) is 225. The molecule has 31 atom stereocenters. The molecule has 0 aromatic carbocycles. The van der Waals surface area contributed by atoms with E-state index in [0.717, 1.165) is 0 Å². The predicted octanol–water partition coefficient (Wildman–Crippen LogP) is -74.4. The van der Waals surface area contributed by atoms with E-state index in [2.05, 4.69) is 75.3 Å². The second kappa shape index (κ2) is 107. The van der Waals surface area contributed by atoms with Crippen LogP contribution in [0.2, 0.25) is 0 Å². The predicted molar refractivity (Wildman–Crippen MR) is 331 cm³/mol. The van der Waals surface area contributed by atoms with Crippen molar-refractivity contribution in [2.24, 2.45) is 0 Å². The van der Waals surface area contributed by atoms with E-state index in [1.807, 2.05) is 0 Å². The van der Waals surface area contributed by atoms with Gasteiger partial charge in [-0.1, -0.05) is 0 Å². The zero-order valence-corrected chi connectivity index (χ0v) is 147. The van der Waals surface area contributed by atoms with E-state index >= 15 is 0 Å². The molecule has 4 aliphatic rings. The molecule has 4 rings (SSSR count). The van der Waals surface area contributed by atoms with Crippen LogP contribution < -0.4 is 925 Å². The molecule has 0 amide bonds. The van der Waals surface area contributed by atoms with Gasteiger partial charge in [0.1, 0.15) is 97.7 Å². The van der Waals surface area contributed by atoms with E-state index in [0.29, 0.717) is 0 Å². The van der Waals surface area contributed by atoms with Crippen molar-refractivity contribution in [3.05, 3.63) is 0 Å². The van der Waals surface area contributed by atoms with Gasteiger partial charge in [0.2, 0.25) is 114 Å². The maximum Gasteiger partial charge on any atom is 1.00 e. The minimum Gasteiger partial charge on any atom is -0.870 e. The molecule has 4 saturated heterocycles. The smallest absolute Gasteiger partial charge is 0.870 e. The Hall–Kier alpha value is 27.9. The maximum absolute atomic E-state index is 12.6. The molecule has 7 unspecified atom stereocenters. The Bertz CT molecular complexity index is 5080. The van der Waals surface area contributed by atoms with Gasteiger partial charge in [-0.25, -0.2) is 122 Å². The first-order valence-electron chi connectivity index (χ1n) is 27.9. The van der Waals surface area contributed by atoms with Gasteiger partial charge < -0.3 is 158 Å². The largest absolute Gasteiger partial charge is 1.00 e. The van der Waals surface area contributed by atoms with Crippen LogP contribution in [0.4, 0.5) is 0 Å². The van der Waals surface area contributed by atoms with Gasteiger partial charge in [-0.15, -0.1) is 0 Å². The summed E-state index contributed by atoms with van der Waals surface area (Å²) >= 11 is -30.2. The Morgan fingerprint density at radius 2 is 0.432 bits per heavy atom. The summed E-state index contributed by atoms with van der Waals surface area (Å²) < 4.78 is 685. The SMILES string of the molecule is O=S([O-])OC[C@H]1O[C@@H](OC[C@H]2O[C@@H](OC[C@@H](OS(=O)(=O)[O-])[C@@H](OS(=O)(=O)[O-])[C@H](OS(=O)(=O)[O-])[C@@H](CO[C@@H]3O[C@H](CO[C@@H]4O[C@H](COS(=O)(=O)[O-])[C@@H](OS(=O)[O-])[C@H](OS(=O)[O-])[C@H]4OS(=O)[O-])[C@@H](OS(=O)[O-])[C@H](OS(=O)(=O)[O-])[C@H]3OS(=O)(=O)[O-])OS(=O)[O-])[C@H](OS(=O)[O-])[C@@H](OS(=O)(=O)[O-])[C@@H]2OS(=O)(=O)[O-])[C@H](OS(=O)(=O)[O-])[C@@H](OS(=O)(=O)[O-])[C@@H]1OS(=O)(=O)[O-].[K+].[K+].[K+].[K+].[K+].[K+].[K+].[K+].[K+].[K+].[K+].[K+].[K+].[K+].[K+].[K+].[K+].[K+].[OH-].[OH-].[OH-].[OH-].[OH-].[OH-].[OH-]. The second-order valence-electron chi connectivity index (χ2n) is 21.1.